The van der Waals surface area contributed by atoms with Crippen molar-refractivity contribution >= 4 is 5.69 Å². The summed E-state index contributed by atoms with van der Waals surface area (Å²) in [5.74, 6) is -0.117. The van der Waals surface area contributed by atoms with E-state index in [-0.39, 0.29) is 5.82 Å². The Balaban J connectivity index is 1.71. The van der Waals surface area contributed by atoms with Crippen LogP contribution in [0.1, 0.15) is 44.1 Å². The van der Waals surface area contributed by atoms with Crippen molar-refractivity contribution < 1.29 is 4.39 Å². The molecule has 1 saturated carbocycles. The van der Waals surface area contributed by atoms with Crippen LogP contribution in [0.15, 0.2) is 18.2 Å². The highest BCUT2D eigenvalue weighted by Gasteiger charge is 2.36. The number of anilines is 1. The number of nitrogens with one attached hydrogen (secondary N) is 1. The van der Waals surface area contributed by atoms with Crippen molar-refractivity contribution in [1.29, 1.82) is 0 Å². The van der Waals surface area contributed by atoms with Crippen LogP contribution in [0.2, 0.25) is 0 Å². The number of halogens is 1. The molecule has 0 bridgehead atoms. The summed E-state index contributed by atoms with van der Waals surface area (Å²) in [5, 5.41) is 3.10. The second kappa shape index (κ2) is 5.72. The minimum absolute atomic E-state index is 0.117. The summed E-state index contributed by atoms with van der Waals surface area (Å²) in [7, 11) is 1.90. The Hall–Kier alpha value is -1.09. The Morgan fingerprint density at radius 3 is 2.45 bits per heavy atom. The molecule has 110 valence electrons. The molecule has 3 rings (SSSR count). The molecule has 1 aromatic carbocycles. The lowest BCUT2D eigenvalue weighted by Gasteiger charge is -2.40. The van der Waals surface area contributed by atoms with Gasteiger partial charge in [0.2, 0.25) is 0 Å². The molecule has 2 nitrogen and oxygen atoms in total. The van der Waals surface area contributed by atoms with E-state index in [2.05, 4.69) is 16.3 Å². The van der Waals surface area contributed by atoms with E-state index < -0.39 is 0 Å². The average Bonchev–Trinajstić information content (AvgIpc) is 2.88. The van der Waals surface area contributed by atoms with Crippen molar-refractivity contribution in [3.8, 4) is 0 Å². The highest BCUT2D eigenvalue weighted by molar-refractivity contribution is 5.49. The summed E-state index contributed by atoms with van der Waals surface area (Å²) in [6, 6.07) is 5.44. The predicted octanol–water partition coefficient (Wildman–Crippen LogP) is 3.71. The van der Waals surface area contributed by atoms with E-state index in [1.807, 2.05) is 7.05 Å². The standard InChI is InChI=1S/C17H25FN2/c1-19-13-14-10-15(18)12-16(11-14)20-8-6-17(7-9-20)4-2-3-5-17/h10-12,19H,2-9,13H2,1H3. The lowest BCUT2D eigenvalue weighted by atomic mass is 9.77. The molecule has 1 aromatic rings. The van der Waals surface area contributed by atoms with Crippen molar-refractivity contribution in [3.05, 3.63) is 29.6 Å². The van der Waals surface area contributed by atoms with Gasteiger partial charge in [0, 0.05) is 25.3 Å². The third kappa shape index (κ3) is 2.83. The maximum atomic E-state index is 13.7. The first-order chi connectivity index (χ1) is 9.71. The Labute approximate surface area is 121 Å². The summed E-state index contributed by atoms with van der Waals surface area (Å²) in [5.41, 5.74) is 2.71. The van der Waals surface area contributed by atoms with Crippen LogP contribution in [-0.4, -0.2) is 20.1 Å². The van der Waals surface area contributed by atoms with Gasteiger partial charge in [-0.05, 0) is 61.9 Å². The fraction of sp³-hybridized carbons (Fsp3) is 0.647. The van der Waals surface area contributed by atoms with Gasteiger partial charge in [0.15, 0.2) is 0 Å². The van der Waals surface area contributed by atoms with Crippen molar-refractivity contribution in [2.75, 3.05) is 25.0 Å². The number of rotatable bonds is 3. The van der Waals surface area contributed by atoms with Crippen molar-refractivity contribution in [2.24, 2.45) is 5.41 Å². The molecule has 1 aliphatic heterocycles. The third-order valence-corrected chi connectivity index (χ3v) is 5.18. The molecule has 20 heavy (non-hydrogen) atoms. The van der Waals surface area contributed by atoms with Crippen LogP contribution in [0.25, 0.3) is 0 Å². The fourth-order valence-electron chi connectivity index (χ4n) is 3.99. The van der Waals surface area contributed by atoms with E-state index in [9.17, 15) is 4.39 Å². The zero-order chi connectivity index (χ0) is 14.0. The van der Waals surface area contributed by atoms with E-state index in [0.29, 0.717) is 5.41 Å². The van der Waals surface area contributed by atoms with Crippen LogP contribution in [0, 0.1) is 11.2 Å². The largest absolute Gasteiger partial charge is 0.371 e. The Kier molecular flexibility index (Phi) is 3.97. The predicted molar refractivity (Wildman–Crippen MR) is 81.5 cm³/mol. The van der Waals surface area contributed by atoms with E-state index in [1.54, 1.807) is 12.1 Å². The van der Waals surface area contributed by atoms with Crippen LogP contribution >= 0.6 is 0 Å². The molecule has 2 aliphatic rings. The molecule has 1 aliphatic carbocycles. The van der Waals surface area contributed by atoms with E-state index in [1.165, 1.54) is 38.5 Å². The zero-order valence-electron chi connectivity index (χ0n) is 12.4. The van der Waals surface area contributed by atoms with Gasteiger partial charge >= 0.3 is 0 Å². The SMILES string of the molecule is CNCc1cc(F)cc(N2CCC3(CCCC3)CC2)c1. The highest BCUT2D eigenvalue weighted by atomic mass is 19.1. The monoisotopic (exact) mass is 276 g/mol. The summed E-state index contributed by atoms with van der Waals surface area (Å²) in [6.07, 6.45) is 8.21. The molecule has 3 heteroatoms. The molecular weight excluding hydrogens is 251 g/mol. The van der Waals surface area contributed by atoms with Gasteiger partial charge < -0.3 is 10.2 Å². The Morgan fingerprint density at radius 1 is 1.10 bits per heavy atom. The molecule has 0 radical (unpaired) electrons. The quantitative estimate of drug-likeness (QED) is 0.905. The van der Waals surface area contributed by atoms with E-state index >= 15 is 0 Å². The van der Waals surface area contributed by atoms with Gasteiger partial charge in [-0.3, -0.25) is 0 Å². The van der Waals surface area contributed by atoms with Crippen LogP contribution in [0.3, 0.4) is 0 Å². The van der Waals surface area contributed by atoms with Gasteiger partial charge in [-0.25, -0.2) is 4.39 Å². The maximum absolute atomic E-state index is 13.7. The summed E-state index contributed by atoms with van der Waals surface area (Å²) in [4.78, 5) is 2.37. The third-order valence-electron chi connectivity index (χ3n) is 5.18. The maximum Gasteiger partial charge on any atom is 0.125 e. The minimum atomic E-state index is -0.117. The lowest BCUT2D eigenvalue weighted by molar-refractivity contribution is 0.226. The van der Waals surface area contributed by atoms with Gasteiger partial charge in [0.25, 0.3) is 0 Å². The van der Waals surface area contributed by atoms with Crippen LogP contribution in [0.5, 0.6) is 0 Å². The number of piperidine rings is 1. The minimum Gasteiger partial charge on any atom is -0.371 e. The van der Waals surface area contributed by atoms with Gasteiger partial charge in [-0.2, -0.15) is 0 Å². The number of benzene rings is 1. The van der Waals surface area contributed by atoms with Crippen molar-refractivity contribution in [2.45, 2.75) is 45.1 Å². The van der Waals surface area contributed by atoms with Gasteiger partial charge in [-0.15, -0.1) is 0 Å². The Bertz CT molecular complexity index is 456. The first-order valence-corrected chi connectivity index (χ1v) is 7.90. The fourth-order valence-corrected chi connectivity index (χ4v) is 3.99. The smallest absolute Gasteiger partial charge is 0.125 e. The van der Waals surface area contributed by atoms with E-state index in [0.717, 1.165) is 30.9 Å². The van der Waals surface area contributed by atoms with Crippen LogP contribution < -0.4 is 10.2 Å². The molecule has 1 spiro atoms. The van der Waals surface area contributed by atoms with Crippen molar-refractivity contribution in [1.82, 2.24) is 5.32 Å². The molecule has 0 unspecified atom stereocenters. The summed E-state index contributed by atoms with van der Waals surface area (Å²) >= 11 is 0. The first-order valence-electron chi connectivity index (χ1n) is 7.90. The number of hydrogen-bond acceptors (Lipinski definition) is 2. The van der Waals surface area contributed by atoms with Gasteiger partial charge in [0.05, 0.1) is 0 Å². The average molecular weight is 276 g/mol. The topological polar surface area (TPSA) is 15.3 Å². The molecule has 0 aromatic heterocycles. The van der Waals surface area contributed by atoms with Crippen LogP contribution in [-0.2, 0) is 6.54 Å². The highest BCUT2D eigenvalue weighted by Crippen LogP contribution is 2.46. The molecule has 1 N–H and O–H groups in total. The van der Waals surface area contributed by atoms with Crippen LogP contribution in [0.4, 0.5) is 10.1 Å². The zero-order valence-corrected chi connectivity index (χ0v) is 12.4. The molecule has 0 amide bonds. The Morgan fingerprint density at radius 2 is 1.80 bits per heavy atom. The summed E-state index contributed by atoms with van der Waals surface area (Å²) < 4.78 is 13.7. The number of nitrogens with zero attached hydrogens (tertiary/aromatic N) is 1. The summed E-state index contributed by atoms with van der Waals surface area (Å²) in [6.45, 7) is 2.90. The molecule has 0 atom stereocenters. The second-order valence-electron chi connectivity index (χ2n) is 6.54. The second-order valence-corrected chi connectivity index (χ2v) is 6.54. The molecular formula is C17H25FN2. The normalized spacial score (nSPS) is 21.6. The lowest BCUT2D eigenvalue weighted by Crippen LogP contribution is -2.38. The first kappa shape index (κ1) is 13.9. The molecule has 1 saturated heterocycles. The number of hydrogen-bond donors (Lipinski definition) is 1. The van der Waals surface area contributed by atoms with E-state index in [4.69, 9.17) is 0 Å². The van der Waals surface area contributed by atoms with Crippen molar-refractivity contribution in [3.63, 3.8) is 0 Å². The van der Waals surface area contributed by atoms with Gasteiger partial charge in [-0.1, -0.05) is 12.8 Å². The molecule has 2 fully saturated rings. The molecule has 1 heterocycles. The van der Waals surface area contributed by atoms with Gasteiger partial charge in [0.1, 0.15) is 5.82 Å².